The summed E-state index contributed by atoms with van der Waals surface area (Å²) < 4.78 is 5.47. The Morgan fingerprint density at radius 2 is 2.43 bits per heavy atom. The van der Waals surface area contributed by atoms with E-state index < -0.39 is 0 Å². The summed E-state index contributed by atoms with van der Waals surface area (Å²) >= 11 is 0. The summed E-state index contributed by atoms with van der Waals surface area (Å²) in [6.45, 7) is 5.84. The molecule has 78 valence electrons. The highest BCUT2D eigenvalue weighted by Crippen LogP contribution is 2.31. The van der Waals surface area contributed by atoms with Crippen LogP contribution < -0.4 is 0 Å². The quantitative estimate of drug-likeness (QED) is 0.633. The third-order valence-electron chi connectivity index (χ3n) is 3.43. The Balaban J connectivity index is 1.92. The van der Waals surface area contributed by atoms with Gasteiger partial charge in [-0.2, -0.15) is 5.26 Å². The maximum atomic E-state index is 9.03. The van der Waals surface area contributed by atoms with Crippen molar-refractivity contribution in [2.75, 3.05) is 26.3 Å². The van der Waals surface area contributed by atoms with Crippen molar-refractivity contribution in [2.45, 2.75) is 32.2 Å². The second-order valence-electron chi connectivity index (χ2n) is 4.76. The summed E-state index contributed by atoms with van der Waals surface area (Å²) in [6.07, 6.45) is 3.42. The van der Waals surface area contributed by atoms with Crippen LogP contribution in [0, 0.1) is 16.7 Å². The molecule has 0 aromatic carbocycles. The summed E-state index contributed by atoms with van der Waals surface area (Å²) in [6, 6.07) is 3.00. The van der Waals surface area contributed by atoms with E-state index in [4.69, 9.17) is 10.00 Å². The molecule has 0 aromatic rings. The van der Waals surface area contributed by atoms with Gasteiger partial charge in [0, 0.05) is 25.7 Å². The Morgan fingerprint density at radius 3 is 3.00 bits per heavy atom. The Hall–Kier alpha value is -0.590. The highest BCUT2D eigenvalue weighted by atomic mass is 16.5. The van der Waals surface area contributed by atoms with Crippen molar-refractivity contribution < 1.29 is 4.74 Å². The van der Waals surface area contributed by atoms with Crippen LogP contribution in [0.1, 0.15) is 26.2 Å². The molecule has 0 aliphatic carbocycles. The average molecular weight is 194 g/mol. The van der Waals surface area contributed by atoms with E-state index in [1.165, 1.54) is 12.8 Å². The van der Waals surface area contributed by atoms with Crippen molar-refractivity contribution in [2.24, 2.45) is 5.41 Å². The lowest BCUT2D eigenvalue weighted by Gasteiger charge is -2.31. The van der Waals surface area contributed by atoms with Gasteiger partial charge in [0.05, 0.1) is 18.1 Å². The predicted molar refractivity (Wildman–Crippen MR) is 53.8 cm³/mol. The number of nitriles is 1. The Morgan fingerprint density at radius 1 is 1.57 bits per heavy atom. The number of likely N-dealkylation sites (tertiary alicyclic amines) is 1. The first-order valence-electron chi connectivity index (χ1n) is 5.47. The Bertz CT molecular complexity index is 242. The maximum absolute atomic E-state index is 9.03. The van der Waals surface area contributed by atoms with Crippen molar-refractivity contribution in [3.63, 3.8) is 0 Å². The lowest BCUT2D eigenvalue weighted by Crippen LogP contribution is -2.40. The molecule has 0 N–H and O–H groups in total. The molecule has 3 heteroatoms. The maximum Gasteiger partial charge on any atom is 0.0700 e. The fourth-order valence-electron chi connectivity index (χ4n) is 2.41. The van der Waals surface area contributed by atoms with E-state index in [-0.39, 0.29) is 5.41 Å². The lowest BCUT2D eigenvalue weighted by atomic mass is 9.92. The van der Waals surface area contributed by atoms with Crippen LogP contribution in [-0.4, -0.2) is 37.2 Å². The van der Waals surface area contributed by atoms with Crippen LogP contribution in [0.15, 0.2) is 0 Å². The van der Waals surface area contributed by atoms with Crippen LogP contribution in [0.3, 0.4) is 0 Å². The van der Waals surface area contributed by atoms with Crippen LogP contribution >= 0.6 is 0 Å². The monoisotopic (exact) mass is 194 g/mol. The Kier molecular flexibility index (Phi) is 2.76. The minimum absolute atomic E-state index is 0.114. The Labute approximate surface area is 85.6 Å². The molecule has 3 nitrogen and oxygen atoms in total. The van der Waals surface area contributed by atoms with Gasteiger partial charge in [0.25, 0.3) is 0 Å². The largest absolute Gasteiger partial charge is 0.380 e. The van der Waals surface area contributed by atoms with Crippen LogP contribution in [0.5, 0.6) is 0 Å². The summed E-state index contributed by atoms with van der Waals surface area (Å²) in [5.41, 5.74) is -0.114. The van der Waals surface area contributed by atoms with Crippen molar-refractivity contribution in [3.8, 4) is 6.07 Å². The minimum Gasteiger partial charge on any atom is -0.380 e. The van der Waals surface area contributed by atoms with E-state index in [1.807, 2.05) is 0 Å². The molecule has 0 radical (unpaired) electrons. The second kappa shape index (κ2) is 3.88. The first-order chi connectivity index (χ1) is 6.73. The molecule has 0 saturated carbocycles. The van der Waals surface area contributed by atoms with Gasteiger partial charge in [-0.25, -0.2) is 0 Å². The van der Waals surface area contributed by atoms with Gasteiger partial charge in [-0.3, -0.25) is 4.90 Å². The van der Waals surface area contributed by atoms with Gasteiger partial charge >= 0.3 is 0 Å². The van der Waals surface area contributed by atoms with Gasteiger partial charge < -0.3 is 4.74 Å². The summed E-state index contributed by atoms with van der Waals surface area (Å²) in [7, 11) is 0. The van der Waals surface area contributed by atoms with Gasteiger partial charge in [0.15, 0.2) is 0 Å². The van der Waals surface area contributed by atoms with Crippen LogP contribution in [0.4, 0.5) is 0 Å². The third kappa shape index (κ3) is 1.92. The number of rotatable bonds is 1. The van der Waals surface area contributed by atoms with Gasteiger partial charge in [0.2, 0.25) is 0 Å². The molecule has 0 aromatic heterocycles. The van der Waals surface area contributed by atoms with E-state index in [9.17, 15) is 0 Å². The zero-order chi connectivity index (χ0) is 10.0. The molecule has 0 spiro atoms. The molecular weight excluding hydrogens is 176 g/mol. The molecule has 2 rings (SSSR count). The highest BCUT2D eigenvalue weighted by Gasteiger charge is 2.37. The summed E-state index contributed by atoms with van der Waals surface area (Å²) in [4.78, 5) is 2.43. The van der Waals surface area contributed by atoms with Crippen molar-refractivity contribution in [3.05, 3.63) is 0 Å². The number of hydrogen-bond donors (Lipinski definition) is 0. The zero-order valence-corrected chi connectivity index (χ0v) is 8.83. The molecule has 2 saturated heterocycles. The fraction of sp³-hybridized carbons (Fsp3) is 0.909. The second-order valence-corrected chi connectivity index (χ2v) is 4.76. The molecule has 2 aliphatic rings. The molecule has 2 unspecified atom stereocenters. The van der Waals surface area contributed by atoms with Crippen LogP contribution in [0.2, 0.25) is 0 Å². The van der Waals surface area contributed by atoms with E-state index in [1.54, 1.807) is 0 Å². The first kappa shape index (κ1) is 9.95. The van der Waals surface area contributed by atoms with Crippen LogP contribution in [0.25, 0.3) is 0 Å². The number of nitrogens with zero attached hydrogens (tertiary/aromatic N) is 2. The minimum atomic E-state index is -0.114. The predicted octanol–water partition coefficient (Wildman–Crippen LogP) is 1.40. The topological polar surface area (TPSA) is 36.3 Å². The molecule has 2 heterocycles. The molecule has 14 heavy (non-hydrogen) atoms. The fourth-order valence-corrected chi connectivity index (χ4v) is 2.41. The number of hydrogen-bond acceptors (Lipinski definition) is 3. The molecule has 0 amide bonds. The van der Waals surface area contributed by atoms with Gasteiger partial charge in [0.1, 0.15) is 0 Å². The summed E-state index contributed by atoms with van der Waals surface area (Å²) in [5.74, 6) is 0. The van der Waals surface area contributed by atoms with Gasteiger partial charge in [-0.15, -0.1) is 0 Å². The molecule has 2 fully saturated rings. The smallest absolute Gasteiger partial charge is 0.0700 e. The molecular formula is C11H18N2O. The van der Waals surface area contributed by atoms with Crippen molar-refractivity contribution >= 4 is 0 Å². The standard InChI is InChI=1S/C11H18N2O/c1-11(8-12)4-5-13(9-11)10-3-2-6-14-7-10/h10H,2-7,9H2,1H3. The van der Waals surface area contributed by atoms with Crippen LogP contribution in [-0.2, 0) is 4.74 Å². The van der Waals surface area contributed by atoms with Crippen molar-refractivity contribution in [1.82, 2.24) is 4.90 Å². The van der Waals surface area contributed by atoms with E-state index >= 15 is 0 Å². The van der Waals surface area contributed by atoms with E-state index in [0.29, 0.717) is 6.04 Å². The van der Waals surface area contributed by atoms with Gasteiger partial charge in [-0.1, -0.05) is 0 Å². The first-order valence-corrected chi connectivity index (χ1v) is 5.47. The number of ether oxygens (including phenoxy) is 1. The third-order valence-corrected chi connectivity index (χ3v) is 3.43. The van der Waals surface area contributed by atoms with E-state index in [0.717, 1.165) is 32.7 Å². The molecule has 2 aliphatic heterocycles. The molecule has 2 atom stereocenters. The normalized spacial score (nSPS) is 39.6. The SMILES string of the molecule is CC1(C#N)CCN(C2CCCOC2)C1. The van der Waals surface area contributed by atoms with E-state index in [2.05, 4.69) is 17.9 Å². The molecule has 0 bridgehead atoms. The highest BCUT2D eigenvalue weighted by molar-refractivity contribution is 5.03. The van der Waals surface area contributed by atoms with Gasteiger partial charge in [-0.05, 0) is 26.2 Å². The zero-order valence-electron chi connectivity index (χ0n) is 8.83. The summed E-state index contributed by atoms with van der Waals surface area (Å²) in [5, 5.41) is 9.03. The van der Waals surface area contributed by atoms with Crippen molar-refractivity contribution in [1.29, 1.82) is 5.26 Å². The lowest BCUT2D eigenvalue weighted by molar-refractivity contribution is 0.0245. The average Bonchev–Trinajstić information content (AvgIpc) is 2.63.